The lowest BCUT2D eigenvalue weighted by atomic mass is 10.0. The Morgan fingerprint density at radius 3 is 2.44 bits per heavy atom. The summed E-state index contributed by atoms with van der Waals surface area (Å²) in [4.78, 5) is 17.7. The molecule has 6 heteroatoms. The number of hydrogen-bond acceptors (Lipinski definition) is 2. The fourth-order valence-corrected chi connectivity index (χ4v) is 4.19. The lowest BCUT2D eigenvalue weighted by Gasteiger charge is -2.18. The van der Waals surface area contributed by atoms with Crippen molar-refractivity contribution in [2.24, 2.45) is 0 Å². The highest BCUT2D eigenvalue weighted by Crippen LogP contribution is 2.25. The molecule has 4 rings (SSSR count). The van der Waals surface area contributed by atoms with Crippen molar-refractivity contribution in [2.75, 3.05) is 0 Å². The molecule has 0 spiro atoms. The van der Waals surface area contributed by atoms with Gasteiger partial charge in [0.1, 0.15) is 5.82 Å². The van der Waals surface area contributed by atoms with Crippen LogP contribution in [0.5, 0.6) is 0 Å². The van der Waals surface area contributed by atoms with Crippen LogP contribution in [0, 0.1) is 13.8 Å². The summed E-state index contributed by atoms with van der Waals surface area (Å²) in [6.07, 6.45) is 0.814. The van der Waals surface area contributed by atoms with Gasteiger partial charge < -0.3 is 9.88 Å². The van der Waals surface area contributed by atoms with Crippen LogP contribution >= 0.6 is 23.2 Å². The lowest BCUT2D eigenvalue weighted by Crippen LogP contribution is -2.28. The minimum atomic E-state index is -0.101. The molecule has 1 heterocycles. The predicted octanol–water partition coefficient (Wildman–Crippen LogP) is 6.89. The van der Waals surface area contributed by atoms with Gasteiger partial charge in [-0.05, 0) is 61.7 Å². The molecule has 1 aromatic heterocycles. The Kier molecular flexibility index (Phi) is 6.54. The van der Waals surface area contributed by atoms with Gasteiger partial charge in [-0.15, -0.1) is 0 Å². The van der Waals surface area contributed by atoms with Crippen LogP contribution in [0.3, 0.4) is 0 Å². The van der Waals surface area contributed by atoms with Gasteiger partial charge in [0, 0.05) is 12.1 Å². The number of fused-ring (bicyclic) bond motifs is 1. The zero-order valence-electron chi connectivity index (χ0n) is 18.3. The second kappa shape index (κ2) is 9.35. The van der Waals surface area contributed by atoms with Crippen LogP contribution in [-0.4, -0.2) is 15.5 Å². The van der Waals surface area contributed by atoms with Gasteiger partial charge in [0.2, 0.25) is 0 Å². The topological polar surface area (TPSA) is 46.9 Å². The molecular formula is C26H25Cl2N3O. The Labute approximate surface area is 198 Å². The van der Waals surface area contributed by atoms with Gasteiger partial charge in [0.25, 0.3) is 5.91 Å². The van der Waals surface area contributed by atoms with Gasteiger partial charge in [0.15, 0.2) is 0 Å². The highest BCUT2D eigenvalue weighted by atomic mass is 35.5. The van der Waals surface area contributed by atoms with Crippen LogP contribution in [0.25, 0.3) is 11.0 Å². The van der Waals surface area contributed by atoms with E-state index in [0.29, 0.717) is 22.2 Å². The third-order valence-corrected chi connectivity index (χ3v) is 6.46. The highest BCUT2D eigenvalue weighted by Gasteiger charge is 2.16. The molecule has 0 bridgehead atoms. The maximum atomic E-state index is 13.0. The van der Waals surface area contributed by atoms with E-state index in [0.717, 1.165) is 34.4 Å². The molecule has 0 unspecified atom stereocenters. The minimum Gasteiger partial charge on any atom is -0.345 e. The van der Waals surface area contributed by atoms with E-state index in [9.17, 15) is 4.79 Å². The molecule has 0 fully saturated rings. The summed E-state index contributed by atoms with van der Waals surface area (Å²) >= 11 is 12.2. The fourth-order valence-electron chi connectivity index (χ4n) is 3.87. The van der Waals surface area contributed by atoms with Crippen LogP contribution in [0.4, 0.5) is 0 Å². The molecule has 1 atom stereocenters. The molecular weight excluding hydrogens is 441 g/mol. The van der Waals surface area contributed by atoms with Gasteiger partial charge in [0.05, 0.1) is 27.1 Å². The van der Waals surface area contributed by atoms with E-state index < -0.39 is 0 Å². The number of nitrogens with one attached hydrogen (secondary N) is 1. The molecule has 0 radical (unpaired) electrons. The van der Waals surface area contributed by atoms with Crippen LogP contribution in [0.1, 0.15) is 52.3 Å². The van der Waals surface area contributed by atoms with E-state index in [2.05, 4.69) is 53.0 Å². The van der Waals surface area contributed by atoms with Gasteiger partial charge in [-0.1, -0.05) is 66.0 Å². The van der Waals surface area contributed by atoms with Crippen LogP contribution in [-0.2, 0) is 6.54 Å². The summed E-state index contributed by atoms with van der Waals surface area (Å²) < 4.78 is 2.11. The number of imidazole rings is 1. The Balaban J connectivity index is 1.57. The number of carbonyl (C=O) groups excluding carboxylic acids is 1. The number of nitrogens with zero attached hydrogens (tertiary/aromatic N) is 2. The SMILES string of the molecule is CC[C@H](NC(=O)c1ccc2c(c1)nc(C)n2Cc1ccc(Cl)c(Cl)c1)c1ccc(C)cc1. The Morgan fingerprint density at radius 2 is 1.75 bits per heavy atom. The number of aromatic nitrogens is 2. The molecule has 0 saturated heterocycles. The summed E-state index contributed by atoms with van der Waals surface area (Å²) in [6.45, 7) is 6.71. The van der Waals surface area contributed by atoms with Crippen molar-refractivity contribution in [2.45, 2.75) is 39.8 Å². The molecule has 0 aliphatic heterocycles. The lowest BCUT2D eigenvalue weighted by molar-refractivity contribution is 0.0935. The van der Waals surface area contributed by atoms with Gasteiger partial charge >= 0.3 is 0 Å². The van der Waals surface area contributed by atoms with Crippen LogP contribution in [0.2, 0.25) is 10.0 Å². The Hall–Kier alpha value is -2.82. The second-order valence-corrected chi connectivity index (χ2v) is 8.86. The van der Waals surface area contributed by atoms with E-state index >= 15 is 0 Å². The normalized spacial score (nSPS) is 12.2. The molecule has 32 heavy (non-hydrogen) atoms. The van der Waals surface area contributed by atoms with E-state index in [1.54, 1.807) is 6.07 Å². The van der Waals surface area contributed by atoms with E-state index in [1.165, 1.54) is 5.56 Å². The number of aryl methyl sites for hydroxylation is 2. The van der Waals surface area contributed by atoms with Crippen molar-refractivity contribution in [1.82, 2.24) is 14.9 Å². The molecule has 164 valence electrons. The zero-order chi connectivity index (χ0) is 22.8. The number of amides is 1. The van der Waals surface area contributed by atoms with E-state index in [1.807, 2.05) is 37.3 Å². The Morgan fingerprint density at radius 1 is 1.00 bits per heavy atom. The van der Waals surface area contributed by atoms with E-state index in [-0.39, 0.29) is 11.9 Å². The molecule has 4 nitrogen and oxygen atoms in total. The van der Waals surface area contributed by atoms with Gasteiger partial charge in [-0.3, -0.25) is 4.79 Å². The average molecular weight is 466 g/mol. The first-order valence-corrected chi connectivity index (χ1v) is 11.4. The first-order valence-electron chi connectivity index (χ1n) is 10.6. The van der Waals surface area contributed by atoms with Crippen LogP contribution < -0.4 is 5.32 Å². The molecule has 4 aromatic rings. The van der Waals surface area contributed by atoms with Crippen molar-refractivity contribution in [3.63, 3.8) is 0 Å². The number of rotatable bonds is 6. The summed E-state index contributed by atoms with van der Waals surface area (Å²) in [5.41, 5.74) is 5.70. The summed E-state index contributed by atoms with van der Waals surface area (Å²) in [5.74, 6) is 0.769. The quantitative estimate of drug-likeness (QED) is 0.336. The van der Waals surface area contributed by atoms with Crippen molar-refractivity contribution >= 4 is 40.1 Å². The van der Waals surface area contributed by atoms with Crippen molar-refractivity contribution in [3.8, 4) is 0 Å². The number of benzene rings is 3. The maximum Gasteiger partial charge on any atom is 0.251 e. The largest absolute Gasteiger partial charge is 0.345 e. The maximum absolute atomic E-state index is 13.0. The monoisotopic (exact) mass is 465 g/mol. The summed E-state index contributed by atoms with van der Waals surface area (Å²) in [7, 11) is 0. The number of hydrogen-bond donors (Lipinski definition) is 1. The average Bonchev–Trinajstić information content (AvgIpc) is 3.09. The molecule has 0 aliphatic carbocycles. The Bertz CT molecular complexity index is 1280. The number of carbonyl (C=O) groups is 1. The fraction of sp³-hybridized carbons (Fsp3) is 0.231. The smallest absolute Gasteiger partial charge is 0.251 e. The minimum absolute atomic E-state index is 0.0345. The summed E-state index contributed by atoms with van der Waals surface area (Å²) in [6, 6.07) is 19.5. The molecule has 3 aromatic carbocycles. The number of halogens is 2. The molecule has 0 saturated carbocycles. The highest BCUT2D eigenvalue weighted by molar-refractivity contribution is 6.42. The first kappa shape index (κ1) is 22.4. The van der Waals surface area contributed by atoms with Gasteiger partial charge in [-0.2, -0.15) is 0 Å². The summed E-state index contributed by atoms with van der Waals surface area (Å²) in [5, 5.41) is 4.22. The zero-order valence-corrected chi connectivity index (χ0v) is 19.8. The molecule has 1 N–H and O–H groups in total. The first-order chi connectivity index (χ1) is 15.4. The third-order valence-electron chi connectivity index (χ3n) is 5.72. The molecule has 0 aliphatic rings. The van der Waals surface area contributed by atoms with E-state index in [4.69, 9.17) is 23.2 Å². The van der Waals surface area contributed by atoms with Crippen molar-refractivity contribution in [3.05, 3.63) is 98.8 Å². The predicted molar refractivity (Wildman–Crippen MR) is 132 cm³/mol. The third kappa shape index (κ3) is 4.67. The van der Waals surface area contributed by atoms with Gasteiger partial charge in [-0.25, -0.2) is 4.98 Å². The molecule has 1 amide bonds. The second-order valence-electron chi connectivity index (χ2n) is 8.04. The standard InChI is InChI=1S/C26H25Cl2N3O/c1-4-23(19-8-5-16(2)6-9-19)30-26(32)20-10-12-25-24(14-20)29-17(3)31(25)15-18-7-11-21(27)22(28)13-18/h5-14,23H,4,15H2,1-3H3,(H,30,32)/t23-/m0/s1. The van der Waals surface area contributed by atoms with Crippen molar-refractivity contribution in [1.29, 1.82) is 0 Å². The van der Waals surface area contributed by atoms with Crippen LogP contribution in [0.15, 0.2) is 60.7 Å². The van der Waals surface area contributed by atoms with Crippen molar-refractivity contribution < 1.29 is 4.79 Å².